The number of imidazole rings is 1. The molecule has 1 aliphatic carbocycles. The van der Waals surface area contributed by atoms with Gasteiger partial charge in [-0.3, -0.25) is 4.79 Å². The average Bonchev–Trinajstić information content (AvgIpc) is 2.98. The molecular formula is C22H25N3O3. The highest BCUT2D eigenvalue weighted by Gasteiger charge is 2.38. The van der Waals surface area contributed by atoms with Gasteiger partial charge in [-0.05, 0) is 60.4 Å². The van der Waals surface area contributed by atoms with E-state index in [9.17, 15) is 14.7 Å². The van der Waals surface area contributed by atoms with Gasteiger partial charge in [0.1, 0.15) is 16.9 Å². The van der Waals surface area contributed by atoms with E-state index in [1.165, 1.54) is 4.57 Å². The molecule has 3 aromatic heterocycles. The van der Waals surface area contributed by atoms with Crippen molar-refractivity contribution in [2.45, 2.75) is 47.0 Å². The minimum atomic E-state index is -1.19. The minimum Gasteiger partial charge on any atom is -0.477 e. The quantitative estimate of drug-likeness (QED) is 0.699. The van der Waals surface area contributed by atoms with Crippen molar-refractivity contribution in [3.05, 3.63) is 56.6 Å². The Morgan fingerprint density at radius 3 is 2.57 bits per heavy atom. The number of aryl methyl sites for hydroxylation is 2. The lowest BCUT2D eigenvalue weighted by Gasteiger charge is -2.36. The van der Waals surface area contributed by atoms with Gasteiger partial charge >= 0.3 is 5.97 Å². The molecule has 0 aliphatic heterocycles. The molecule has 28 heavy (non-hydrogen) atoms. The van der Waals surface area contributed by atoms with E-state index >= 15 is 0 Å². The second-order valence-electron chi connectivity index (χ2n) is 8.88. The number of pyridine rings is 2. The number of nitrogens with zero attached hydrogens (tertiary/aromatic N) is 3. The molecular weight excluding hydrogens is 354 g/mol. The summed E-state index contributed by atoms with van der Waals surface area (Å²) in [5.41, 5.74) is 5.84. The fraction of sp³-hybridized carbons (Fsp3) is 0.409. The maximum absolute atomic E-state index is 12.7. The van der Waals surface area contributed by atoms with Gasteiger partial charge in [-0.2, -0.15) is 0 Å². The lowest BCUT2D eigenvalue weighted by molar-refractivity contribution is 0.0694. The molecule has 0 fully saturated rings. The number of carboxylic acid groups (broad SMARTS) is 1. The van der Waals surface area contributed by atoms with Gasteiger partial charge in [0.25, 0.3) is 5.56 Å². The Kier molecular flexibility index (Phi) is 3.83. The van der Waals surface area contributed by atoms with Crippen molar-refractivity contribution in [1.29, 1.82) is 0 Å². The molecule has 146 valence electrons. The van der Waals surface area contributed by atoms with Crippen molar-refractivity contribution < 1.29 is 9.90 Å². The summed E-state index contributed by atoms with van der Waals surface area (Å²) in [7, 11) is 1.64. The maximum atomic E-state index is 12.7. The number of carbonyl (C=O) groups is 1. The third-order valence-corrected chi connectivity index (χ3v) is 6.13. The van der Waals surface area contributed by atoms with E-state index in [-0.39, 0.29) is 16.9 Å². The fourth-order valence-electron chi connectivity index (χ4n) is 4.32. The minimum absolute atomic E-state index is 0.0707. The van der Waals surface area contributed by atoms with Crippen molar-refractivity contribution in [2.75, 3.05) is 0 Å². The first-order chi connectivity index (χ1) is 13.0. The number of rotatable bonds is 1. The summed E-state index contributed by atoms with van der Waals surface area (Å²) in [5, 5.41) is 9.52. The van der Waals surface area contributed by atoms with Crippen molar-refractivity contribution in [3.8, 4) is 11.4 Å². The summed E-state index contributed by atoms with van der Waals surface area (Å²) in [6.45, 7) is 10.6. The van der Waals surface area contributed by atoms with Crippen LogP contribution >= 0.6 is 0 Å². The van der Waals surface area contributed by atoms with Crippen LogP contribution in [0.1, 0.15) is 59.4 Å². The molecule has 1 atom stereocenters. The summed E-state index contributed by atoms with van der Waals surface area (Å²) in [6, 6.07) is 3.65. The number of carboxylic acids is 1. The molecule has 0 aromatic carbocycles. The van der Waals surface area contributed by atoms with Crippen LogP contribution in [0, 0.1) is 19.3 Å². The lowest BCUT2D eigenvalue weighted by atomic mass is 9.70. The van der Waals surface area contributed by atoms with E-state index in [2.05, 4.69) is 45.1 Å². The van der Waals surface area contributed by atoms with Crippen LogP contribution in [0.5, 0.6) is 0 Å². The normalized spacial score (nSPS) is 16.1. The maximum Gasteiger partial charge on any atom is 0.341 e. The Morgan fingerprint density at radius 2 is 1.96 bits per heavy atom. The second kappa shape index (κ2) is 5.80. The average molecular weight is 379 g/mol. The number of hydrogen-bond donors (Lipinski definition) is 1. The van der Waals surface area contributed by atoms with Gasteiger partial charge in [-0.15, -0.1) is 0 Å². The van der Waals surface area contributed by atoms with E-state index in [4.69, 9.17) is 4.98 Å². The highest BCUT2D eigenvalue weighted by Crippen LogP contribution is 2.47. The largest absolute Gasteiger partial charge is 0.477 e. The zero-order valence-corrected chi connectivity index (χ0v) is 17.1. The smallest absolute Gasteiger partial charge is 0.341 e. The molecule has 0 saturated heterocycles. The Bertz CT molecular complexity index is 1210. The first-order valence-electron chi connectivity index (χ1n) is 9.47. The topological polar surface area (TPSA) is 76.6 Å². The van der Waals surface area contributed by atoms with Crippen LogP contribution < -0.4 is 5.56 Å². The molecule has 1 unspecified atom stereocenters. The van der Waals surface area contributed by atoms with Gasteiger partial charge in [0.2, 0.25) is 0 Å². The van der Waals surface area contributed by atoms with Crippen molar-refractivity contribution in [2.24, 2.45) is 12.5 Å². The summed E-state index contributed by atoms with van der Waals surface area (Å²) in [5.74, 6) is -1.12. The van der Waals surface area contributed by atoms with Crippen molar-refractivity contribution >= 4 is 11.6 Å². The first-order valence-corrected chi connectivity index (χ1v) is 9.47. The molecule has 6 heteroatoms. The van der Waals surface area contributed by atoms with E-state index in [0.717, 1.165) is 45.8 Å². The molecule has 1 aliphatic rings. The van der Waals surface area contributed by atoms with Crippen LogP contribution in [0.25, 0.3) is 17.0 Å². The van der Waals surface area contributed by atoms with Crippen LogP contribution in [0.15, 0.2) is 23.1 Å². The highest BCUT2D eigenvalue weighted by molar-refractivity contribution is 5.88. The van der Waals surface area contributed by atoms with Gasteiger partial charge in [0.15, 0.2) is 0 Å². The zero-order valence-electron chi connectivity index (χ0n) is 17.1. The van der Waals surface area contributed by atoms with Crippen molar-refractivity contribution in [3.63, 3.8) is 0 Å². The van der Waals surface area contributed by atoms with Gasteiger partial charge in [0.05, 0.1) is 11.4 Å². The van der Waals surface area contributed by atoms with Gasteiger partial charge in [-0.25, -0.2) is 9.78 Å². The number of aromatic nitrogens is 3. The summed E-state index contributed by atoms with van der Waals surface area (Å²) >= 11 is 0. The van der Waals surface area contributed by atoms with E-state index < -0.39 is 11.5 Å². The Hall–Kier alpha value is -2.89. The molecule has 0 saturated carbocycles. The number of fused-ring (bicyclic) bond motifs is 5. The van der Waals surface area contributed by atoms with E-state index in [1.54, 1.807) is 13.1 Å². The fourth-order valence-corrected chi connectivity index (χ4v) is 4.32. The molecule has 3 aromatic rings. The van der Waals surface area contributed by atoms with Crippen molar-refractivity contribution in [1.82, 2.24) is 14.0 Å². The van der Waals surface area contributed by atoms with Gasteiger partial charge in [0, 0.05) is 13.2 Å². The van der Waals surface area contributed by atoms with Crippen LogP contribution in [0.3, 0.4) is 0 Å². The molecule has 3 heterocycles. The third-order valence-electron chi connectivity index (χ3n) is 6.13. The Morgan fingerprint density at radius 1 is 1.29 bits per heavy atom. The Balaban J connectivity index is 2.15. The number of hydrogen-bond acceptors (Lipinski definition) is 3. The predicted octanol–water partition coefficient (Wildman–Crippen LogP) is 3.70. The van der Waals surface area contributed by atoms with Crippen LogP contribution in [-0.4, -0.2) is 25.0 Å². The monoisotopic (exact) mass is 379 g/mol. The second-order valence-corrected chi connectivity index (χ2v) is 8.88. The molecule has 6 nitrogen and oxygen atoms in total. The lowest BCUT2D eigenvalue weighted by Crippen LogP contribution is -2.32. The molecule has 1 N–H and O–H groups in total. The molecule has 0 spiro atoms. The Labute approximate surface area is 163 Å². The van der Waals surface area contributed by atoms with Gasteiger partial charge < -0.3 is 14.1 Å². The summed E-state index contributed by atoms with van der Waals surface area (Å²) in [4.78, 5) is 29.3. The van der Waals surface area contributed by atoms with Crippen LogP contribution in [-0.2, 0) is 13.5 Å². The van der Waals surface area contributed by atoms with E-state index in [1.807, 2.05) is 6.20 Å². The van der Waals surface area contributed by atoms with Crippen LogP contribution in [0.2, 0.25) is 0 Å². The van der Waals surface area contributed by atoms with Crippen LogP contribution in [0.4, 0.5) is 0 Å². The highest BCUT2D eigenvalue weighted by atomic mass is 16.4. The standard InChI is InChI=1S/C22H25N3O3/c1-11-7-8-25-16-10-15(22(3,4)5)13-9-14(21(27)28)20(26)24(6)18(13)17(16)23-19(25)12(11)2/h7-9,15H,10H2,1-6H3,(H,27,28). The molecule has 0 amide bonds. The number of aromatic carboxylic acids is 1. The molecule has 0 radical (unpaired) electrons. The third kappa shape index (κ3) is 2.44. The predicted molar refractivity (Wildman–Crippen MR) is 108 cm³/mol. The SMILES string of the molecule is Cc1ccn2c3c(nc2c1C)-c1c(cc(C(=O)O)c(=O)n1C)C(C(C)(C)C)C3. The van der Waals surface area contributed by atoms with E-state index in [0.29, 0.717) is 0 Å². The molecule has 0 bridgehead atoms. The van der Waals surface area contributed by atoms with Gasteiger partial charge in [-0.1, -0.05) is 20.8 Å². The first kappa shape index (κ1) is 18.5. The zero-order chi connectivity index (χ0) is 20.5. The molecule has 4 rings (SSSR count). The summed E-state index contributed by atoms with van der Waals surface area (Å²) < 4.78 is 3.58. The summed E-state index contributed by atoms with van der Waals surface area (Å²) in [6.07, 6.45) is 2.78.